The smallest absolute Gasteiger partial charge is 0.0960 e. The van der Waals surface area contributed by atoms with Crippen molar-refractivity contribution in [3.05, 3.63) is 30.6 Å². The van der Waals surface area contributed by atoms with Crippen LogP contribution in [0, 0.1) is 0 Å². The van der Waals surface area contributed by atoms with Crippen molar-refractivity contribution >= 4 is 11.0 Å². The molecule has 0 spiro atoms. The number of aromatic nitrogens is 2. The highest BCUT2D eigenvalue weighted by Crippen LogP contribution is 2.24. The van der Waals surface area contributed by atoms with E-state index >= 15 is 0 Å². The zero-order chi connectivity index (χ0) is 12.5. The van der Waals surface area contributed by atoms with Crippen LogP contribution in [0.4, 0.5) is 0 Å². The maximum Gasteiger partial charge on any atom is 0.0960 e. The Bertz CT molecular complexity index is 504. The molecule has 0 saturated carbocycles. The van der Waals surface area contributed by atoms with Gasteiger partial charge >= 0.3 is 0 Å². The topological polar surface area (TPSA) is 64.1 Å². The van der Waals surface area contributed by atoms with Gasteiger partial charge in [0.25, 0.3) is 0 Å². The number of aliphatic hydroxyl groups is 1. The molecule has 4 nitrogen and oxygen atoms in total. The van der Waals surface area contributed by atoms with Gasteiger partial charge in [0.15, 0.2) is 0 Å². The number of hydrogen-bond donors (Lipinski definition) is 2. The summed E-state index contributed by atoms with van der Waals surface area (Å²) in [7, 11) is 0. The highest BCUT2D eigenvalue weighted by molar-refractivity contribution is 5.75. The summed E-state index contributed by atoms with van der Waals surface area (Å²) in [5, 5.41) is 10.0. The average Bonchev–Trinajstić information content (AvgIpc) is 2.72. The zero-order valence-corrected chi connectivity index (χ0v) is 10.3. The second-order valence-electron chi connectivity index (χ2n) is 4.89. The molecule has 17 heavy (non-hydrogen) atoms. The first-order valence-corrected chi connectivity index (χ1v) is 5.87. The van der Waals surface area contributed by atoms with Crippen molar-refractivity contribution < 1.29 is 5.11 Å². The van der Waals surface area contributed by atoms with Crippen molar-refractivity contribution in [2.75, 3.05) is 6.54 Å². The number of nitrogens with zero attached hydrogens (tertiary/aromatic N) is 2. The molecule has 0 fully saturated rings. The van der Waals surface area contributed by atoms with Gasteiger partial charge in [0, 0.05) is 12.6 Å². The Balaban J connectivity index is 2.28. The van der Waals surface area contributed by atoms with Gasteiger partial charge in [0.1, 0.15) is 0 Å². The number of fused-ring (bicyclic) bond motifs is 1. The van der Waals surface area contributed by atoms with Crippen molar-refractivity contribution in [2.45, 2.75) is 31.9 Å². The number of imidazole rings is 1. The van der Waals surface area contributed by atoms with E-state index in [0.717, 1.165) is 11.0 Å². The van der Waals surface area contributed by atoms with E-state index < -0.39 is 5.60 Å². The largest absolute Gasteiger partial charge is 0.389 e. The Morgan fingerprint density at radius 2 is 2.18 bits per heavy atom. The zero-order valence-electron chi connectivity index (χ0n) is 10.3. The van der Waals surface area contributed by atoms with E-state index in [9.17, 15) is 5.11 Å². The van der Waals surface area contributed by atoms with Crippen LogP contribution in [0.5, 0.6) is 0 Å². The Morgan fingerprint density at radius 3 is 2.88 bits per heavy atom. The van der Waals surface area contributed by atoms with Gasteiger partial charge in [-0.25, -0.2) is 4.98 Å². The molecular weight excluding hydrogens is 214 g/mol. The molecule has 1 heterocycles. The molecule has 2 aromatic rings. The van der Waals surface area contributed by atoms with Crippen LogP contribution in [0.2, 0.25) is 0 Å². The molecule has 0 radical (unpaired) electrons. The van der Waals surface area contributed by atoms with Crippen molar-refractivity contribution in [1.29, 1.82) is 0 Å². The summed E-state index contributed by atoms with van der Waals surface area (Å²) in [4.78, 5) is 4.35. The van der Waals surface area contributed by atoms with Gasteiger partial charge in [-0.15, -0.1) is 0 Å². The van der Waals surface area contributed by atoms with Crippen LogP contribution >= 0.6 is 0 Å². The van der Waals surface area contributed by atoms with E-state index in [-0.39, 0.29) is 12.6 Å². The quantitative estimate of drug-likeness (QED) is 0.844. The van der Waals surface area contributed by atoms with Gasteiger partial charge in [0.05, 0.1) is 23.0 Å². The van der Waals surface area contributed by atoms with Crippen LogP contribution in [-0.4, -0.2) is 26.8 Å². The first-order valence-electron chi connectivity index (χ1n) is 5.87. The summed E-state index contributed by atoms with van der Waals surface area (Å²) >= 11 is 0. The van der Waals surface area contributed by atoms with Crippen molar-refractivity contribution in [1.82, 2.24) is 9.55 Å². The molecule has 0 aliphatic carbocycles. The predicted molar refractivity (Wildman–Crippen MR) is 68.7 cm³/mol. The molecule has 3 N–H and O–H groups in total. The van der Waals surface area contributed by atoms with Crippen LogP contribution in [-0.2, 0) is 0 Å². The van der Waals surface area contributed by atoms with Gasteiger partial charge in [-0.3, -0.25) is 0 Å². The SMILES string of the molecule is CC(CC(C)(O)CN)n1cnc2ccccc21. The van der Waals surface area contributed by atoms with Gasteiger partial charge in [-0.2, -0.15) is 0 Å². The normalized spacial score (nSPS) is 16.9. The maximum atomic E-state index is 10.0. The third kappa shape index (κ3) is 2.48. The minimum absolute atomic E-state index is 0.168. The lowest BCUT2D eigenvalue weighted by Crippen LogP contribution is -2.36. The van der Waals surface area contributed by atoms with Crippen LogP contribution in [0.1, 0.15) is 26.3 Å². The molecule has 0 bridgehead atoms. The van der Waals surface area contributed by atoms with Gasteiger partial charge in [-0.05, 0) is 32.4 Å². The van der Waals surface area contributed by atoms with E-state index in [1.807, 2.05) is 30.6 Å². The standard InChI is InChI=1S/C13H19N3O/c1-10(7-13(2,17)8-14)16-9-15-11-5-3-4-6-12(11)16/h3-6,9-10,17H,7-8,14H2,1-2H3. The summed E-state index contributed by atoms with van der Waals surface area (Å²) in [5.74, 6) is 0. The van der Waals surface area contributed by atoms with Crippen LogP contribution < -0.4 is 5.73 Å². The van der Waals surface area contributed by atoms with Crippen LogP contribution in [0.25, 0.3) is 11.0 Å². The predicted octanol–water partition coefficient (Wildman–Crippen LogP) is 1.70. The Morgan fingerprint density at radius 1 is 1.47 bits per heavy atom. The first kappa shape index (κ1) is 12.1. The molecule has 0 aliphatic rings. The van der Waals surface area contributed by atoms with Crippen molar-refractivity contribution in [3.8, 4) is 0 Å². The van der Waals surface area contributed by atoms with Crippen LogP contribution in [0.15, 0.2) is 30.6 Å². The molecule has 1 aromatic carbocycles. The highest BCUT2D eigenvalue weighted by atomic mass is 16.3. The lowest BCUT2D eigenvalue weighted by Gasteiger charge is -2.26. The number of rotatable bonds is 4. The third-order valence-electron chi connectivity index (χ3n) is 3.13. The highest BCUT2D eigenvalue weighted by Gasteiger charge is 2.23. The van der Waals surface area contributed by atoms with E-state index in [2.05, 4.69) is 16.5 Å². The van der Waals surface area contributed by atoms with E-state index in [1.54, 1.807) is 6.92 Å². The van der Waals surface area contributed by atoms with Crippen LogP contribution in [0.3, 0.4) is 0 Å². The molecule has 4 heteroatoms. The van der Waals surface area contributed by atoms with E-state index in [4.69, 9.17) is 5.73 Å². The van der Waals surface area contributed by atoms with Crippen molar-refractivity contribution in [2.24, 2.45) is 5.73 Å². The van der Waals surface area contributed by atoms with E-state index in [0.29, 0.717) is 6.42 Å². The summed E-state index contributed by atoms with van der Waals surface area (Å²) < 4.78 is 2.08. The molecule has 92 valence electrons. The minimum atomic E-state index is -0.829. The maximum absolute atomic E-state index is 10.0. The summed E-state index contributed by atoms with van der Waals surface area (Å²) in [6.07, 6.45) is 2.44. The minimum Gasteiger partial charge on any atom is -0.389 e. The Labute approximate surface area is 101 Å². The number of hydrogen-bond acceptors (Lipinski definition) is 3. The Kier molecular flexibility index (Phi) is 3.17. The molecule has 2 unspecified atom stereocenters. The fraction of sp³-hybridized carbons (Fsp3) is 0.462. The number of para-hydroxylation sites is 2. The molecule has 2 atom stereocenters. The molecule has 2 rings (SSSR count). The lowest BCUT2D eigenvalue weighted by molar-refractivity contribution is 0.0470. The number of nitrogens with two attached hydrogens (primary N) is 1. The Hall–Kier alpha value is -1.39. The second kappa shape index (κ2) is 4.47. The molecule has 0 amide bonds. The monoisotopic (exact) mass is 233 g/mol. The van der Waals surface area contributed by atoms with Gasteiger partial charge in [0.2, 0.25) is 0 Å². The first-order chi connectivity index (χ1) is 8.03. The van der Waals surface area contributed by atoms with Crippen molar-refractivity contribution in [3.63, 3.8) is 0 Å². The fourth-order valence-electron chi connectivity index (χ4n) is 2.15. The number of benzene rings is 1. The van der Waals surface area contributed by atoms with Gasteiger partial charge in [-0.1, -0.05) is 12.1 Å². The second-order valence-corrected chi connectivity index (χ2v) is 4.89. The van der Waals surface area contributed by atoms with E-state index in [1.165, 1.54) is 0 Å². The summed E-state index contributed by atoms with van der Waals surface area (Å²) in [5.41, 5.74) is 6.79. The average molecular weight is 233 g/mol. The van der Waals surface area contributed by atoms with Gasteiger partial charge < -0.3 is 15.4 Å². The lowest BCUT2D eigenvalue weighted by atomic mass is 9.98. The molecule has 0 aliphatic heterocycles. The fourth-order valence-corrected chi connectivity index (χ4v) is 2.15. The third-order valence-corrected chi connectivity index (χ3v) is 3.13. The molecule has 1 aromatic heterocycles. The summed E-state index contributed by atoms with van der Waals surface area (Å²) in [6.45, 7) is 4.10. The molecular formula is C13H19N3O. The summed E-state index contributed by atoms with van der Waals surface area (Å²) in [6, 6.07) is 8.16. The molecule has 0 saturated heterocycles.